The van der Waals surface area contributed by atoms with E-state index in [0.29, 0.717) is 11.1 Å². The predicted molar refractivity (Wildman–Crippen MR) is 64.8 cm³/mol. The summed E-state index contributed by atoms with van der Waals surface area (Å²) in [5.74, 6) is 0. The van der Waals surface area contributed by atoms with Crippen LogP contribution in [0.1, 0.15) is 11.1 Å². The second-order valence-electron chi connectivity index (χ2n) is 3.05. The van der Waals surface area contributed by atoms with E-state index in [1.54, 1.807) is 24.3 Å². The van der Waals surface area contributed by atoms with Crippen LogP contribution in [0.15, 0.2) is 34.6 Å². The third-order valence-corrected chi connectivity index (χ3v) is 2.01. The van der Waals surface area contributed by atoms with Gasteiger partial charge in [-0.3, -0.25) is 0 Å². The highest BCUT2D eigenvalue weighted by atomic mass is 16.6. The Morgan fingerprint density at radius 3 is 1.44 bits per heavy atom. The van der Waals surface area contributed by atoms with Crippen LogP contribution in [0.5, 0.6) is 0 Å². The molecule has 1 rings (SSSR count). The average molecular weight is 242 g/mol. The SMILES string of the molecule is CON=C(C#N)c1ccc(C(C#N)=NOC)cc1. The van der Waals surface area contributed by atoms with Crippen LogP contribution in [0.25, 0.3) is 0 Å². The van der Waals surface area contributed by atoms with Gasteiger partial charge < -0.3 is 9.68 Å². The molecule has 0 spiro atoms. The van der Waals surface area contributed by atoms with Crippen LogP contribution in [-0.2, 0) is 9.68 Å². The van der Waals surface area contributed by atoms with Crippen LogP contribution in [-0.4, -0.2) is 25.6 Å². The lowest BCUT2D eigenvalue weighted by molar-refractivity contribution is 0.214. The molecule has 6 nitrogen and oxygen atoms in total. The fourth-order valence-corrected chi connectivity index (χ4v) is 1.24. The third-order valence-electron chi connectivity index (χ3n) is 2.01. The topological polar surface area (TPSA) is 90.8 Å². The lowest BCUT2D eigenvalue weighted by Gasteiger charge is -2.00. The molecule has 0 aliphatic rings. The number of hydrogen-bond donors (Lipinski definition) is 0. The van der Waals surface area contributed by atoms with Crippen LogP contribution in [0.3, 0.4) is 0 Å². The van der Waals surface area contributed by atoms with E-state index in [1.165, 1.54) is 14.2 Å². The zero-order valence-corrected chi connectivity index (χ0v) is 9.91. The molecular weight excluding hydrogens is 232 g/mol. The van der Waals surface area contributed by atoms with Crippen LogP contribution in [0.2, 0.25) is 0 Å². The van der Waals surface area contributed by atoms with Gasteiger partial charge in [-0.15, -0.1) is 0 Å². The van der Waals surface area contributed by atoms with Gasteiger partial charge in [0.2, 0.25) is 0 Å². The number of nitriles is 2. The van der Waals surface area contributed by atoms with Gasteiger partial charge in [-0.05, 0) is 0 Å². The minimum absolute atomic E-state index is 0.159. The Bertz CT molecular complexity index is 496. The monoisotopic (exact) mass is 242 g/mol. The fourth-order valence-electron chi connectivity index (χ4n) is 1.24. The minimum atomic E-state index is 0.159. The standard InChI is InChI=1S/C12H10N4O2/c1-17-15-11(7-13)9-3-5-10(6-4-9)12(8-14)16-18-2/h3-6H,1-2H3. The summed E-state index contributed by atoms with van der Waals surface area (Å²) in [6.45, 7) is 0. The highest BCUT2D eigenvalue weighted by Gasteiger charge is 2.06. The van der Waals surface area contributed by atoms with Crippen molar-refractivity contribution >= 4 is 11.4 Å². The van der Waals surface area contributed by atoms with Gasteiger partial charge in [-0.25, -0.2) is 0 Å². The molecule has 0 atom stereocenters. The molecule has 0 saturated heterocycles. The molecule has 0 amide bonds. The predicted octanol–water partition coefficient (Wildman–Crippen LogP) is 1.43. The van der Waals surface area contributed by atoms with Crippen molar-refractivity contribution in [1.82, 2.24) is 0 Å². The maximum Gasteiger partial charge on any atom is 0.186 e. The van der Waals surface area contributed by atoms with Crippen molar-refractivity contribution in [3.05, 3.63) is 35.4 Å². The Balaban J connectivity index is 3.08. The molecule has 1 aromatic carbocycles. The van der Waals surface area contributed by atoms with E-state index in [9.17, 15) is 0 Å². The van der Waals surface area contributed by atoms with E-state index in [1.807, 2.05) is 12.1 Å². The van der Waals surface area contributed by atoms with Gasteiger partial charge in [-0.1, -0.05) is 34.6 Å². The molecule has 0 heterocycles. The molecule has 0 fully saturated rings. The van der Waals surface area contributed by atoms with Gasteiger partial charge in [-0.2, -0.15) is 10.5 Å². The molecule has 0 radical (unpaired) electrons. The summed E-state index contributed by atoms with van der Waals surface area (Å²) in [4.78, 5) is 9.11. The van der Waals surface area contributed by atoms with E-state index < -0.39 is 0 Å². The first kappa shape index (κ1) is 13.2. The van der Waals surface area contributed by atoms with Crippen LogP contribution < -0.4 is 0 Å². The van der Waals surface area contributed by atoms with Crippen molar-refractivity contribution in [3.8, 4) is 12.1 Å². The van der Waals surface area contributed by atoms with E-state index in [4.69, 9.17) is 10.5 Å². The van der Waals surface area contributed by atoms with E-state index >= 15 is 0 Å². The van der Waals surface area contributed by atoms with Gasteiger partial charge >= 0.3 is 0 Å². The van der Waals surface area contributed by atoms with Gasteiger partial charge in [0.25, 0.3) is 0 Å². The van der Waals surface area contributed by atoms with Gasteiger partial charge in [0.1, 0.15) is 26.4 Å². The second-order valence-corrected chi connectivity index (χ2v) is 3.05. The van der Waals surface area contributed by atoms with E-state index in [2.05, 4.69) is 20.0 Å². The summed E-state index contributed by atoms with van der Waals surface area (Å²) in [5.41, 5.74) is 1.51. The first-order valence-corrected chi connectivity index (χ1v) is 4.90. The summed E-state index contributed by atoms with van der Waals surface area (Å²) in [7, 11) is 2.73. The Labute approximate surface area is 104 Å². The summed E-state index contributed by atoms with van der Waals surface area (Å²) >= 11 is 0. The molecule has 1 aromatic rings. The number of rotatable bonds is 4. The molecule has 0 saturated carbocycles. The Kier molecular flexibility index (Phi) is 4.89. The zero-order chi connectivity index (χ0) is 13.4. The number of oxime groups is 2. The summed E-state index contributed by atoms with van der Waals surface area (Å²) in [6, 6.07) is 10.4. The lowest BCUT2D eigenvalue weighted by Crippen LogP contribution is -2.01. The molecule has 0 aliphatic heterocycles. The molecule has 0 aliphatic carbocycles. The average Bonchev–Trinajstić information content (AvgIpc) is 2.42. The van der Waals surface area contributed by atoms with Crippen molar-refractivity contribution in [2.75, 3.05) is 14.2 Å². The van der Waals surface area contributed by atoms with Crippen LogP contribution in [0.4, 0.5) is 0 Å². The molecular formula is C12H10N4O2. The van der Waals surface area contributed by atoms with E-state index in [0.717, 1.165) is 0 Å². The van der Waals surface area contributed by atoms with Gasteiger partial charge in [0.05, 0.1) is 0 Å². The smallest absolute Gasteiger partial charge is 0.186 e. The number of nitrogens with zero attached hydrogens (tertiary/aromatic N) is 4. The highest BCUT2D eigenvalue weighted by molar-refractivity contribution is 6.13. The van der Waals surface area contributed by atoms with Gasteiger partial charge in [0, 0.05) is 11.1 Å². The first-order valence-electron chi connectivity index (χ1n) is 4.90. The number of benzene rings is 1. The van der Waals surface area contributed by atoms with E-state index in [-0.39, 0.29) is 11.4 Å². The van der Waals surface area contributed by atoms with Crippen molar-refractivity contribution in [2.24, 2.45) is 10.3 Å². The quantitative estimate of drug-likeness (QED) is 0.590. The lowest BCUT2D eigenvalue weighted by atomic mass is 10.1. The molecule has 0 aromatic heterocycles. The van der Waals surface area contributed by atoms with Crippen LogP contribution >= 0.6 is 0 Å². The molecule has 0 unspecified atom stereocenters. The Hall–Kier alpha value is -2.86. The number of hydrogen-bond acceptors (Lipinski definition) is 6. The maximum atomic E-state index is 8.86. The zero-order valence-electron chi connectivity index (χ0n) is 9.91. The normalized spacial score (nSPS) is 11.3. The molecule has 0 N–H and O–H groups in total. The van der Waals surface area contributed by atoms with Crippen molar-refractivity contribution in [2.45, 2.75) is 0 Å². The maximum absolute atomic E-state index is 8.86. The van der Waals surface area contributed by atoms with Crippen LogP contribution in [0, 0.1) is 22.7 Å². The first-order chi connectivity index (χ1) is 8.76. The molecule has 90 valence electrons. The summed E-state index contributed by atoms with van der Waals surface area (Å²) in [6.07, 6.45) is 0. The van der Waals surface area contributed by atoms with Crippen molar-refractivity contribution in [3.63, 3.8) is 0 Å². The third kappa shape index (κ3) is 3.06. The van der Waals surface area contributed by atoms with Gasteiger partial charge in [0.15, 0.2) is 11.4 Å². The Morgan fingerprint density at radius 2 is 1.22 bits per heavy atom. The minimum Gasteiger partial charge on any atom is -0.398 e. The summed E-state index contributed by atoms with van der Waals surface area (Å²) in [5, 5.41) is 24.9. The van der Waals surface area contributed by atoms with Crippen molar-refractivity contribution < 1.29 is 9.68 Å². The summed E-state index contributed by atoms with van der Waals surface area (Å²) < 4.78 is 0. The van der Waals surface area contributed by atoms with Crippen molar-refractivity contribution in [1.29, 1.82) is 10.5 Å². The molecule has 6 heteroatoms. The molecule has 0 bridgehead atoms. The largest absolute Gasteiger partial charge is 0.398 e. The second kappa shape index (κ2) is 6.66. The highest BCUT2D eigenvalue weighted by Crippen LogP contribution is 2.07. The fraction of sp³-hybridized carbons (Fsp3) is 0.167. The molecule has 18 heavy (non-hydrogen) atoms. The Morgan fingerprint density at radius 1 is 0.889 bits per heavy atom.